The van der Waals surface area contributed by atoms with Crippen molar-refractivity contribution in [3.63, 3.8) is 0 Å². The zero-order valence-electron chi connectivity index (χ0n) is 14.7. The van der Waals surface area contributed by atoms with E-state index in [1.165, 1.54) is 6.92 Å². The van der Waals surface area contributed by atoms with Gasteiger partial charge in [0.25, 0.3) is 5.91 Å². The van der Waals surface area contributed by atoms with Crippen molar-refractivity contribution in [3.8, 4) is 23.3 Å². The normalized spacial score (nSPS) is 9.46. The van der Waals surface area contributed by atoms with Crippen LogP contribution in [0.5, 0.6) is 11.5 Å². The number of benzene rings is 2. The number of anilines is 1. The van der Waals surface area contributed by atoms with Gasteiger partial charge in [0.2, 0.25) is 5.91 Å². The van der Waals surface area contributed by atoms with Crippen molar-refractivity contribution in [1.29, 1.82) is 0 Å². The third-order valence-corrected chi connectivity index (χ3v) is 3.22. The number of hydrogen-bond donors (Lipinski definition) is 2. The number of carbonyl (C=O) groups excluding carboxylic acids is 2. The molecule has 0 saturated carbocycles. The fourth-order valence-electron chi connectivity index (χ4n) is 2.02. The summed E-state index contributed by atoms with van der Waals surface area (Å²) in [5.74, 6) is 6.64. The number of nitrogens with one attached hydrogen (secondary N) is 2. The van der Waals surface area contributed by atoms with Crippen LogP contribution in [0, 0.1) is 11.8 Å². The monoisotopic (exact) mass is 352 g/mol. The maximum atomic E-state index is 11.8. The second-order valence-electron chi connectivity index (χ2n) is 5.30. The minimum atomic E-state index is -0.261. The van der Waals surface area contributed by atoms with Gasteiger partial charge in [-0.25, -0.2) is 0 Å². The lowest BCUT2D eigenvalue weighted by atomic mass is 10.2. The highest BCUT2D eigenvalue weighted by molar-refractivity contribution is 5.88. The lowest BCUT2D eigenvalue weighted by Crippen LogP contribution is -2.29. The summed E-state index contributed by atoms with van der Waals surface area (Å²) in [5.41, 5.74) is 1.51. The molecule has 2 amide bonds. The molecule has 134 valence electrons. The van der Waals surface area contributed by atoms with E-state index in [2.05, 4.69) is 22.5 Å². The van der Waals surface area contributed by atoms with Gasteiger partial charge in [0.05, 0.1) is 13.7 Å². The van der Waals surface area contributed by atoms with Gasteiger partial charge < -0.3 is 20.1 Å². The Labute approximate surface area is 152 Å². The Morgan fingerprint density at radius 1 is 1.08 bits per heavy atom. The standard InChI is InChI=1S/C20H20N2O4/c1-15(23)22-17-10-8-16(9-11-17)5-4-12-21-20(24)14-26-19-7-3-6-18(13-19)25-2/h3,6-11,13H,12,14H2,1-2H3,(H,21,24)(H,22,23). The second kappa shape index (κ2) is 9.74. The minimum Gasteiger partial charge on any atom is -0.497 e. The SMILES string of the molecule is COc1cccc(OCC(=O)NCC#Cc2ccc(NC(C)=O)cc2)c1. The Hall–Kier alpha value is -3.46. The van der Waals surface area contributed by atoms with Crippen molar-refractivity contribution in [1.82, 2.24) is 5.32 Å². The van der Waals surface area contributed by atoms with Crippen LogP contribution in [0.15, 0.2) is 48.5 Å². The Morgan fingerprint density at radius 3 is 2.50 bits per heavy atom. The number of carbonyl (C=O) groups is 2. The zero-order chi connectivity index (χ0) is 18.8. The fourth-order valence-corrected chi connectivity index (χ4v) is 2.02. The number of ether oxygens (including phenoxy) is 2. The number of methoxy groups -OCH3 is 1. The van der Waals surface area contributed by atoms with Crippen molar-refractivity contribution >= 4 is 17.5 Å². The molecule has 6 nitrogen and oxygen atoms in total. The minimum absolute atomic E-state index is 0.0970. The lowest BCUT2D eigenvalue weighted by Gasteiger charge is -2.07. The molecule has 0 radical (unpaired) electrons. The first-order chi connectivity index (χ1) is 12.6. The first-order valence-corrected chi connectivity index (χ1v) is 7.97. The zero-order valence-corrected chi connectivity index (χ0v) is 14.7. The van der Waals surface area contributed by atoms with Crippen LogP contribution in [-0.4, -0.2) is 32.1 Å². The third kappa shape index (κ3) is 6.57. The maximum absolute atomic E-state index is 11.8. The summed E-state index contributed by atoms with van der Waals surface area (Å²) in [5, 5.41) is 5.35. The molecule has 26 heavy (non-hydrogen) atoms. The largest absolute Gasteiger partial charge is 0.497 e. The molecular formula is C20H20N2O4. The molecule has 0 aliphatic heterocycles. The lowest BCUT2D eigenvalue weighted by molar-refractivity contribution is -0.122. The van der Waals surface area contributed by atoms with Gasteiger partial charge in [0.15, 0.2) is 6.61 Å². The number of amides is 2. The van der Waals surface area contributed by atoms with E-state index < -0.39 is 0 Å². The van der Waals surface area contributed by atoms with Crippen LogP contribution in [0.25, 0.3) is 0 Å². The molecule has 6 heteroatoms. The summed E-state index contributed by atoms with van der Waals surface area (Å²) < 4.78 is 10.5. The van der Waals surface area contributed by atoms with Crippen molar-refractivity contribution in [2.24, 2.45) is 0 Å². The fraction of sp³-hybridized carbons (Fsp3) is 0.200. The van der Waals surface area contributed by atoms with Gasteiger partial charge >= 0.3 is 0 Å². The molecule has 0 saturated heterocycles. The molecule has 0 aliphatic carbocycles. The predicted octanol–water partition coefficient (Wildman–Crippen LogP) is 2.20. The van der Waals surface area contributed by atoms with Gasteiger partial charge in [-0.2, -0.15) is 0 Å². The molecule has 0 fully saturated rings. The van der Waals surface area contributed by atoms with Gasteiger partial charge in [0, 0.05) is 24.2 Å². The van der Waals surface area contributed by atoms with E-state index in [4.69, 9.17) is 9.47 Å². The summed E-state index contributed by atoms with van der Waals surface area (Å²) in [4.78, 5) is 22.7. The molecule has 2 rings (SSSR count). The third-order valence-electron chi connectivity index (χ3n) is 3.22. The van der Waals surface area contributed by atoms with Crippen LogP contribution < -0.4 is 20.1 Å². The molecular weight excluding hydrogens is 332 g/mol. The van der Waals surface area contributed by atoms with E-state index in [1.54, 1.807) is 55.6 Å². The maximum Gasteiger partial charge on any atom is 0.258 e. The molecule has 0 spiro atoms. The highest BCUT2D eigenvalue weighted by atomic mass is 16.5. The summed E-state index contributed by atoms with van der Waals surface area (Å²) in [6, 6.07) is 14.2. The van der Waals surface area contributed by atoms with Gasteiger partial charge in [-0.15, -0.1) is 0 Å². The van der Waals surface area contributed by atoms with Crippen molar-refractivity contribution in [3.05, 3.63) is 54.1 Å². The summed E-state index contributed by atoms with van der Waals surface area (Å²) in [6.07, 6.45) is 0. The van der Waals surface area contributed by atoms with Gasteiger partial charge in [-0.1, -0.05) is 17.9 Å². The molecule has 0 bridgehead atoms. The van der Waals surface area contributed by atoms with Crippen LogP contribution in [0.4, 0.5) is 5.69 Å². The Kier molecular flexibility index (Phi) is 7.07. The van der Waals surface area contributed by atoms with Crippen LogP contribution in [0.2, 0.25) is 0 Å². The topological polar surface area (TPSA) is 76.7 Å². The first kappa shape index (κ1) is 18.9. The molecule has 0 unspecified atom stereocenters. The van der Waals surface area contributed by atoms with E-state index >= 15 is 0 Å². The van der Waals surface area contributed by atoms with E-state index in [-0.39, 0.29) is 25.0 Å². The number of hydrogen-bond acceptors (Lipinski definition) is 4. The van der Waals surface area contributed by atoms with Crippen molar-refractivity contribution < 1.29 is 19.1 Å². The van der Waals surface area contributed by atoms with E-state index in [0.29, 0.717) is 17.2 Å². The summed E-state index contributed by atoms with van der Waals surface area (Å²) >= 11 is 0. The molecule has 0 heterocycles. The highest BCUT2D eigenvalue weighted by Crippen LogP contribution is 2.18. The van der Waals surface area contributed by atoms with E-state index in [9.17, 15) is 9.59 Å². The van der Waals surface area contributed by atoms with E-state index in [0.717, 1.165) is 5.56 Å². The first-order valence-electron chi connectivity index (χ1n) is 7.97. The predicted molar refractivity (Wildman–Crippen MR) is 99.1 cm³/mol. The molecule has 2 aromatic carbocycles. The molecule has 0 aromatic heterocycles. The van der Waals surface area contributed by atoms with Crippen LogP contribution >= 0.6 is 0 Å². The van der Waals surface area contributed by atoms with Crippen LogP contribution in [-0.2, 0) is 9.59 Å². The molecule has 0 atom stereocenters. The summed E-state index contributed by atoms with van der Waals surface area (Å²) in [6.45, 7) is 1.57. The second-order valence-corrected chi connectivity index (χ2v) is 5.30. The molecule has 0 aliphatic rings. The molecule has 2 N–H and O–H groups in total. The Balaban J connectivity index is 1.74. The number of rotatable bonds is 6. The van der Waals surface area contributed by atoms with Gasteiger partial charge in [0.1, 0.15) is 11.5 Å². The van der Waals surface area contributed by atoms with Gasteiger partial charge in [-0.05, 0) is 36.4 Å². The van der Waals surface area contributed by atoms with Gasteiger partial charge in [-0.3, -0.25) is 9.59 Å². The average Bonchev–Trinajstić information content (AvgIpc) is 2.64. The van der Waals surface area contributed by atoms with Crippen LogP contribution in [0.3, 0.4) is 0 Å². The highest BCUT2D eigenvalue weighted by Gasteiger charge is 2.02. The smallest absolute Gasteiger partial charge is 0.258 e. The average molecular weight is 352 g/mol. The van der Waals surface area contributed by atoms with Crippen molar-refractivity contribution in [2.75, 3.05) is 25.6 Å². The van der Waals surface area contributed by atoms with Crippen molar-refractivity contribution in [2.45, 2.75) is 6.92 Å². The van der Waals surface area contributed by atoms with E-state index in [1.807, 2.05) is 0 Å². The Bertz CT molecular complexity index is 820. The quantitative estimate of drug-likeness (QED) is 0.782. The summed E-state index contributed by atoms with van der Waals surface area (Å²) in [7, 11) is 1.57. The van der Waals surface area contributed by atoms with Crippen LogP contribution in [0.1, 0.15) is 12.5 Å². The Morgan fingerprint density at radius 2 is 1.81 bits per heavy atom. The molecule has 2 aromatic rings.